The van der Waals surface area contributed by atoms with Gasteiger partial charge in [0.1, 0.15) is 0 Å². The third-order valence-electron chi connectivity index (χ3n) is 16.6. The Morgan fingerprint density at radius 1 is 0.316 bits per heavy atom. The summed E-state index contributed by atoms with van der Waals surface area (Å²) in [5.41, 5.74) is 26.0. The number of rotatable bonds is 12. The molecule has 0 amide bonds. The molecule has 12 aromatic carbocycles. The first kappa shape index (κ1) is 47.7. The molecule has 13 aromatic rings. The maximum atomic E-state index is 2.49. The van der Waals surface area contributed by atoms with Crippen molar-refractivity contribution >= 4 is 38.9 Å². The zero-order chi connectivity index (χ0) is 52.9. The van der Waals surface area contributed by atoms with Gasteiger partial charge in [-0.25, -0.2) is 0 Å². The number of fused-ring (bicyclic) bond motifs is 6. The van der Waals surface area contributed by atoms with Crippen molar-refractivity contribution in [2.45, 2.75) is 32.1 Å². The Morgan fingerprint density at radius 2 is 0.747 bits per heavy atom. The highest BCUT2D eigenvalue weighted by atomic mass is 15.1. The van der Waals surface area contributed by atoms with Crippen LogP contribution in [0.4, 0.5) is 17.1 Å². The third kappa shape index (κ3) is 8.19. The Kier molecular flexibility index (Phi) is 12.1. The Balaban J connectivity index is 0.869. The molecule has 0 aliphatic heterocycles. The predicted molar refractivity (Wildman–Crippen MR) is 333 cm³/mol. The van der Waals surface area contributed by atoms with Crippen LogP contribution in [0.3, 0.4) is 0 Å². The normalized spacial score (nSPS) is 12.4. The lowest BCUT2D eigenvalue weighted by molar-refractivity contribution is 0.768. The van der Waals surface area contributed by atoms with Gasteiger partial charge in [0.15, 0.2) is 0 Å². The first-order valence-corrected chi connectivity index (χ1v) is 27.8. The van der Waals surface area contributed by atoms with Crippen molar-refractivity contribution in [3.05, 3.63) is 325 Å². The van der Waals surface area contributed by atoms with Gasteiger partial charge in [0.2, 0.25) is 0 Å². The van der Waals surface area contributed by atoms with Crippen LogP contribution in [0.15, 0.2) is 291 Å². The smallest absolute Gasteiger partial charge is 0.0714 e. The molecule has 0 fully saturated rings. The molecule has 0 radical (unpaired) electrons. The molecular formula is C77H58N2. The first-order chi connectivity index (χ1) is 39.1. The van der Waals surface area contributed by atoms with Crippen molar-refractivity contribution in [2.24, 2.45) is 0 Å². The summed E-state index contributed by atoms with van der Waals surface area (Å²) in [6, 6.07) is 108. The molecule has 1 aliphatic rings. The minimum absolute atomic E-state index is 0.549. The zero-order valence-electron chi connectivity index (χ0n) is 44.5. The van der Waals surface area contributed by atoms with Gasteiger partial charge in [-0.1, -0.05) is 238 Å². The van der Waals surface area contributed by atoms with E-state index in [9.17, 15) is 0 Å². The summed E-state index contributed by atoms with van der Waals surface area (Å²) >= 11 is 0. The molecule has 0 spiro atoms. The van der Waals surface area contributed by atoms with Crippen molar-refractivity contribution in [2.75, 3.05) is 4.90 Å². The van der Waals surface area contributed by atoms with E-state index in [0.717, 1.165) is 52.2 Å². The number of benzene rings is 12. The summed E-state index contributed by atoms with van der Waals surface area (Å²) in [5.74, 6) is 0. The lowest BCUT2D eigenvalue weighted by atomic mass is 9.67. The van der Waals surface area contributed by atoms with Crippen LogP contribution in [0.2, 0.25) is 0 Å². The molecule has 1 aliphatic carbocycles. The van der Waals surface area contributed by atoms with Crippen molar-refractivity contribution in [3.8, 4) is 61.3 Å². The van der Waals surface area contributed by atoms with Crippen molar-refractivity contribution < 1.29 is 0 Å². The van der Waals surface area contributed by atoms with Crippen molar-refractivity contribution in [3.63, 3.8) is 0 Å². The van der Waals surface area contributed by atoms with Crippen LogP contribution in [-0.2, 0) is 18.3 Å². The van der Waals surface area contributed by atoms with Gasteiger partial charge in [-0.05, 0) is 163 Å². The fourth-order valence-corrected chi connectivity index (χ4v) is 12.7. The Morgan fingerprint density at radius 3 is 1.30 bits per heavy atom. The van der Waals surface area contributed by atoms with Gasteiger partial charge in [-0.3, -0.25) is 0 Å². The molecule has 0 saturated heterocycles. The summed E-state index contributed by atoms with van der Waals surface area (Å²) in [6.45, 7) is 4.47. The largest absolute Gasteiger partial charge is 0.310 e. The van der Waals surface area contributed by atoms with Gasteiger partial charge < -0.3 is 9.47 Å². The van der Waals surface area contributed by atoms with Crippen LogP contribution in [-0.4, -0.2) is 4.57 Å². The molecule has 1 aromatic heterocycles. The van der Waals surface area contributed by atoms with Crippen LogP contribution in [0.5, 0.6) is 0 Å². The van der Waals surface area contributed by atoms with Gasteiger partial charge in [0.25, 0.3) is 0 Å². The molecule has 79 heavy (non-hydrogen) atoms. The average molecular weight is 1010 g/mol. The molecule has 1 heterocycles. The van der Waals surface area contributed by atoms with Gasteiger partial charge in [0.05, 0.1) is 22.1 Å². The van der Waals surface area contributed by atoms with E-state index in [1.54, 1.807) is 0 Å². The zero-order valence-corrected chi connectivity index (χ0v) is 44.5. The molecule has 0 bridgehead atoms. The fourth-order valence-electron chi connectivity index (χ4n) is 12.7. The van der Waals surface area contributed by atoms with Gasteiger partial charge in [-0.15, -0.1) is 0 Å². The van der Waals surface area contributed by atoms with E-state index in [-0.39, 0.29) is 0 Å². The van der Waals surface area contributed by atoms with Crippen LogP contribution in [0.25, 0.3) is 83.1 Å². The summed E-state index contributed by atoms with van der Waals surface area (Å²) < 4.78 is 2.43. The van der Waals surface area contributed by atoms with Crippen LogP contribution >= 0.6 is 0 Å². The molecule has 2 nitrogen and oxygen atoms in total. The van der Waals surface area contributed by atoms with E-state index in [2.05, 4.69) is 315 Å². The molecule has 2 heteroatoms. The summed E-state index contributed by atoms with van der Waals surface area (Å²) in [7, 11) is 0. The molecule has 0 N–H and O–H groups in total. The maximum Gasteiger partial charge on any atom is 0.0714 e. The van der Waals surface area contributed by atoms with Crippen molar-refractivity contribution in [1.82, 2.24) is 4.57 Å². The van der Waals surface area contributed by atoms with E-state index >= 15 is 0 Å². The minimum atomic E-state index is -0.549. The highest BCUT2D eigenvalue weighted by Crippen LogP contribution is 2.57. The topological polar surface area (TPSA) is 8.17 Å². The second-order valence-electron chi connectivity index (χ2n) is 21.0. The van der Waals surface area contributed by atoms with Gasteiger partial charge in [-0.2, -0.15) is 0 Å². The standard InChI is InChI=1S/C77H58N2/c1-3-53-29-47-74-70(49-53)71-50-54(4-2)30-48-75(71)79(74)65-42-37-59(38-43-65)57-33-31-56(32-34-57)58-35-40-64(41-36-58)78(76-51-61(55-19-9-5-10-20-55)39-45-67(76)60-21-11-6-12-22-60)66-44-46-69-68-27-17-18-28-72(68)77(73(69)52-66,62-23-13-7-14-24-62)63-25-15-8-16-26-63/h5-52H,3-4H2,1-2H3. The van der Waals surface area contributed by atoms with Crippen LogP contribution in [0, 0.1) is 0 Å². The summed E-state index contributed by atoms with van der Waals surface area (Å²) in [6.07, 6.45) is 2.04. The Bertz CT molecular complexity index is 4230. The maximum absolute atomic E-state index is 2.49. The number of hydrogen-bond donors (Lipinski definition) is 0. The molecule has 0 atom stereocenters. The fraction of sp³-hybridized carbons (Fsp3) is 0.0649. The summed E-state index contributed by atoms with van der Waals surface area (Å²) in [5, 5.41) is 2.64. The first-order valence-electron chi connectivity index (χ1n) is 27.8. The van der Waals surface area contributed by atoms with Gasteiger partial charge >= 0.3 is 0 Å². The Labute approximate surface area is 463 Å². The van der Waals surface area contributed by atoms with E-state index in [0.29, 0.717) is 0 Å². The number of aryl methyl sites for hydroxylation is 2. The highest BCUT2D eigenvalue weighted by Gasteiger charge is 2.46. The second kappa shape index (κ2) is 20.0. The Hall–Kier alpha value is -9.76. The lowest BCUT2D eigenvalue weighted by Crippen LogP contribution is -2.28. The number of nitrogens with zero attached hydrogens (tertiary/aromatic N) is 2. The summed E-state index contributed by atoms with van der Waals surface area (Å²) in [4.78, 5) is 2.49. The second-order valence-corrected chi connectivity index (χ2v) is 21.0. The van der Waals surface area contributed by atoms with Crippen LogP contribution in [0.1, 0.15) is 47.2 Å². The third-order valence-corrected chi connectivity index (χ3v) is 16.6. The van der Waals surface area contributed by atoms with E-state index in [1.807, 2.05) is 0 Å². The molecule has 0 unspecified atom stereocenters. The number of anilines is 3. The van der Waals surface area contributed by atoms with E-state index < -0.39 is 5.41 Å². The van der Waals surface area contributed by atoms with E-state index in [4.69, 9.17) is 0 Å². The van der Waals surface area contributed by atoms with Gasteiger partial charge in [0, 0.05) is 33.4 Å². The number of aromatic nitrogens is 1. The molecular weight excluding hydrogens is 953 g/mol. The SMILES string of the molecule is CCc1ccc2c(c1)c1cc(CC)ccc1n2-c1ccc(-c2ccc(-c3ccc(N(c4ccc5c(c4)C(c4ccccc4)(c4ccccc4)c4ccccc4-5)c4cc(-c5ccccc5)ccc4-c4ccccc4)cc3)cc2)cc1. The van der Waals surface area contributed by atoms with Crippen LogP contribution < -0.4 is 4.90 Å². The average Bonchev–Trinajstić information content (AvgIpc) is 3.83. The molecule has 14 rings (SSSR count). The number of hydrogen-bond acceptors (Lipinski definition) is 1. The van der Waals surface area contributed by atoms with Crippen molar-refractivity contribution in [1.29, 1.82) is 0 Å². The van der Waals surface area contributed by atoms with E-state index in [1.165, 1.54) is 94.3 Å². The monoisotopic (exact) mass is 1010 g/mol. The lowest BCUT2D eigenvalue weighted by Gasteiger charge is -2.35. The quantitative estimate of drug-likeness (QED) is 0.118. The highest BCUT2D eigenvalue weighted by molar-refractivity contribution is 6.10. The predicted octanol–water partition coefficient (Wildman–Crippen LogP) is 20.4. The molecule has 376 valence electrons. The minimum Gasteiger partial charge on any atom is -0.310 e. The molecule has 0 saturated carbocycles.